The number of benzene rings is 1. The van der Waals surface area contributed by atoms with Gasteiger partial charge in [-0.1, -0.05) is 13.0 Å². The smallest absolute Gasteiger partial charge is 0.410 e. The number of carbonyl (C=O) groups excluding carboxylic acids is 2. The summed E-state index contributed by atoms with van der Waals surface area (Å²) < 4.78 is 23.2. The third-order valence-corrected chi connectivity index (χ3v) is 11.8. The summed E-state index contributed by atoms with van der Waals surface area (Å²) in [5, 5.41) is 2.85. The molecule has 3 aliphatic rings. The molecule has 7 nitrogen and oxygen atoms in total. The van der Waals surface area contributed by atoms with Gasteiger partial charge in [0.15, 0.2) is 0 Å². The van der Waals surface area contributed by atoms with Gasteiger partial charge in [-0.25, -0.2) is 4.79 Å². The molecule has 1 N–H and O–H groups in total. The molecule has 4 atom stereocenters. The fraction of sp³-hybridized carbons (Fsp3) is 0.714. The van der Waals surface area contributed by atoms with Crippen molar-refractivity contribution < 1.29 is 27.6 Å². The molecule has 0 bridgehead atoms. The highest BCUT2D eigenvalue weighted by Crippen LogP contribution is 2.59. The van der Waals surface area contributed by atoms with E-state index in [0.717, 1.165) is 38.5 Å². The average molecular weight is 518 g/mol. The van der Waals surface area contributed by atoms with Crippen LogP contribution in [0.4, 0.5) is 4.79 Å². The molecule has 1 aromatic carbocycles. The zero-order valence-electron chi connectivity index (χ0n) is 22.4. The van der Waals surface area contributed by atoms with Gasteiger partial charge in [0.05, 0.1) is 0 Å². The Morgan fingerprint density at radius 2 is 1.78 bits per heavy atom. The number of nitrogens with one attached hydrogen (secondary N) is 1. The first-order chi connectivity index (χ1) is 17.4. The van der Waals surface area contributed by atoms with Gasteiger partial charge >= 0.3 is 14.9 Å². The van der Waals surface area contributed by atoms with Crippen LogP contribution in [0.1, 0.15) is 83.3 Å². The van der Waals surface area contributed by atoms with Gasteiger partial charge in [-0.15, -0.1) is 0 Å². The van der Waals surface area contributed by atoms with E-state index in [1.54, 1.807) is 0 Å². The first-order valence-corrected chi connectivity index (χ1v) is 15.8. The van der Waals surface area contributed by atoms with Gasteiger partial charge in [0.1, 0.15) is 11.5 Å². The SMILES string of the molecule is CCO[Si](CCCNC(=O)Oc1ccc2c(c1)CC[C@@H]1[C@@H]2CC[C@]2(C)C(=O)CC[C@@H]12)(OCC)OCC. The van der Waals surface area contributed by atoms with E-state index in [9.17, 15) is 9.59 Å². The molecule has 0 aromatic heterocycles. The Balaban J connectivity index is 1.30. The first kappa shape index (κ1) is 27.3. The lowest BCUT2D eigenvalue weighted by Crippen LogP contribution is -2.46. The number of carbonyl (C=O) groups is 2. The number of Topliss-reactive ketones (excluding diaryl/α,β-unsaturated/α-hetero) is 1. The zero-order chi connectivity index (χ0) is 25.8. The minimum Gasteiger partial charge on any atom is -0.410 e. The average Bonchev–Trinajstić information content (AvgIpc) is 3.16. The number of aryl methyl sites for hydroxylation is 1. The number of hydrogen-bond acceptors (Lipinski definition) is 6. The molecule has 2 fully saturated rings. The first-order valence-electron chi connectivity index (χ1n) is 13.9. The summed E-state index contributed by atoms with van der Waals surface area (Å²) in [5.74, 6) is 2.70. The van der Waals surface area contributed by atoms with E-state index in [4.69, 9.17) is 18.0 Å². The molecule has 0 spiro atoms. The number of fused-ring (bicyclic) bond motifs is 5. The summed E-state index contributed by atoms with van der Waals surface area (Å²) in [6.45, 7) is 10.1. The maximum atomic E-state index is 12.6. The normalized spacial score (nSPS) is 27.2. The largest absolute Gasteiger partial charge is 0.500 e. The lowest BCUT2D eigenvalue weighted by molar-refractivity contribution is -0.129. The number of ether oxygens (including phenoxy) is 1. The molecule has 0 aliphatic heterocycles. The highest BCUT2D eigenvalue weighted by atomic mass is 28.4. The van der Waals surface area contributed by atoms with Crippen LogP contribution in [-0.4, -0.2) is 47.0 Å². The lowest BCUT2D eigenvalue weighted by Gasteiger charge is -2.48. The number of rotatable bonds is 11. The van der Waals surface area contributed by atoms with Crippen molar-refractivity contribution in [3.8, 4) is 5.75 Å². The Morgan fingerprint density at radius 3 is 2.47 bits per heavy atom. The van der Waals surface area contributed by atoms with E-state index in [1.165, 1.54) is 11.1 Å². The van der Waals surface area contributed by atoms with Gasteiger partial charge in [-0.05, 0) is 100 Å². The maximum Gasteiger partial charge on any atom is 0.500 e. The zero-order valence-corrected chi connectivity index (χ0v) is 23.4. The van der Waals surface area contributed by atoms with Gasteiger partial charge in [0, 0.05) is 44.2 Å². The third kappa shape index (κ3) is 5.56. The second-order valence-corrected chi connectivity index (χ2v) is 13.3. The van der Waals surface area contributed by atoms with Crippen molar-refractivity contribution in [1.29, 1.82) is 0 Å². The van der Waals surface area contributed by atoms with Crippen molar-refractivity contribution in [2.24, 2.45) is 17.3 Å². The number of ketones is 1. The molecule has 4 rings (SSSR count). The number of amides is 1. The minimum atomic E-state index is -2.70. The summed E-state index contributed by atoms with van der Waals surface area (Å²) in [6, 6.07) is 6.76. The standard InChI is InChI=1S/C28H43NO6Si/c1-5-32-36(33-6-2,34-7-3)18-8-17-29-27(31)35-21-10-12-22-20(19-21)9-11-24-23(22)15-16-28(4)25(24)13-14-26(28)30/h10,12,19,23-25H,5-9,11,13-18H2,1-4H3,(H,29,31)/t23-,24-,25+,28+/m1/s1. The van der Waals surface area contributed by atoms with Crippen LogP contribution in [0, 0.1) is 17.3 Å². The molecule has 36 heavy (non-hydrogen) atoms. The van der Waals surface area contributed by atoms with Gasteiger partial charge in [0.2, 0.25) is 0 Å². The van der Waals surface area contributed by atoms with Crippen LogP contribution in [0.15, 0.2) is 18.2 Å². The van der Waals surface area contributed by atoms with Crippen molar-refractivity contribution in [1.82, 2.24) is 5.32 Å². The van der Waals surface area contributed by atoms with Crippen molar-refractivity contribution in [3.05, 3.63) is 29.3 Å². The predicted molar refractivity (Wildman–Crippen MR) is 140 cm³/mol. The van der Waals surface area contributed by atoms with E-state index in [1.807, 2.05) is 32.9 Å². The minimum absolute atomic E-state index is 0.101. The quantitative estimate of drug-likeness (QED) is 0.302. The maximum absolute atomic E-state index is 12.6. The van der Waals surface area contributed by atoms with Gasteiger partial charge < -0.3 is 23.3 Å². The van der Waals surface area contributed by atoms with E-state index in [-0.39, 0.29) is 5.41 Å². The fourth-order valence-corrected chi connectivity index (χ4v) is 9.65. The summed E-state index contributed by atoms with van der Waals surface area (Å²) in [4.78, 5) is 25.0. The van der Waals surface area contributed by atoms with E-state index < -0.39 is 14.9 Å². The predicted octanol–water partition coefficient (Wildman–Crippen LogP) is 5.64. The van der Waals surface area contributed by atoms with Crippen LogP contribution < -0.4 is 10.1 Å². The van der Waals surface area contributed by atoms with Crippen LogP contribution in [0.25, 0.3) is 0 Å². The molecular weight excluding hydrogens is 474 g/mol. The molecule has 0 saturated heterocycles. The fourth-order valence-electron chi connectivity index (χ4n) is 7.03. The molecule has 2 saturated carbocycles. The van der Waals surface area contributed by atoms with Gasteiger partial charge in [-0.3, -0.25) is 4.79 Å². The molecule has 1 amide bonds. The Bertz CT molecular complexity index is 922. The Morgan fingerprint density at radius 1 is 1.06 bits per heavy atom. The number of hydrogen-bond donors (Lipinski definition) is 1. The summed E-state index contributed by atoms with van der Waals surface area (Å²) >= 11 is 0. The van der Waals surface area contributed by atoms with Gasteiger partial charge in [-0.2, -0.15) is 0 Å². The van der Waals surface area contributed by atoms with E-state index in [0.29, 0.717) is 68.1 Å². The van der Waals surface area contributed by atoms with Crippen LogP contribution >= 0.6 is 0 Å². The van der Waals surface area contributed by atoms with Crippen LogP contribution in [-0.2, 0) is 24.5 Å². The highest BCUT2D eigenvalue weighted by molar-refractivity contribution is 6.60. The van der Waals surface area contributed by atoms with Crippen LogP contribution in [0.3, 0.4) is 0 Å². The second kappa shape index (κ2) is 11.8. The van der Waals surface area contributed by atoms with E-state index in [2.05, 4.69) is 18.3 Å². The Hall–Kier alpha value is -1.74. The molecule has 1 aromatic rings. The summed E-state index contributed by atoms with van der Waals surface area (Å²) in [5.41, 5.74) is 2.58. The monoisotopic (exact) mass is 517 g/mol. The molecule has 0 heterocycles. The summed E-state index contributed by atoms with van der Waals surface area (Å²) in [6.07, 6.45) is 6.23. The molecule has 0 radical (unpaired) electrons. The van der Waals surface area contributed by atoms with Crippen molar-refractivity contribution in [3.63, 3.8) is 0 Å². The summed E-state index contributed by atoms with van der Waals surface area (Å²) in [7, 11) is -2.70. The van der Waals surface area contributed by atoms with Crippen molar-refractivity contribution >= 4 is 20.7 Å². The highest BCUT2D eigenvalue weighted by Gasteiger charge is 2.54. The molecule has 3 aliphatic carbocycles. The topological polar surface area (TPSA) is 83.1 Å². The Labute approximate surface area is 217 Å². The van der Waals surface area contributed by atoms with Crippen LogP contribution in [0.2, 0.25) is 6.04 Å². The van der Waals surface area contributed by atoms with Gasteiger partial charge in [0.25, 0.3) is 0 Å². The third-order valence-electron chi connectivity index (χ3n) is 8.64. The second-order valence-electron chi connectivity index (χ2n) is 10.6. The molecule has 8 heteroatoms. The van der Waals surface area contributed by atoms with E-state index >= 15 is 0 Å². The molecule has 200 valence electrons. The Kier molecular flexibility index (Phi) is 8.91. The molecular formula is C28H43NO6Si. The molecule has 0 unspecified atom stereocenters. The van der Waals surface area contributed by atoms with Crippen LogP contribution in [0.5, 0.6) is 5.75 Å². The van der Waals surface area contributed by atoms with Crippen molar-refractivity contribution in [2.75, 3.05) is 26.4 Å². The lowest BCUT2D eigenvalue weighted by atomic mass is 9.55. The van der Waals surface area contributed by atoms with Crippen molar-refractivity contribution in [2.45, 2.75) is 84.6 Å².